The van der Waals surface area contributed by atoms with Crippen LogP contribution < -0.4 is 15.0 Å². The van der Waals surface area contributed by atoms with Gasteiger partial charge in [-0.15, -0.1) is 0 Å². The number of rotatable bonds is 15. The minimum atomic E-state index is -0.171. The number of nitrogens with one attached hydrogen (secondary N) is 1. The Balaban J connectivity index is 2.10. The molecule has 4 nitrogen and oxygen atoms in total. The Kier molecular flexibility index (Phi) is 12.3. The summed E-state index contributed by atoms with van der Waals surface area (Å²) in [4.78, 5) is 16.1. The second kappa shape index (κ2) is 16.1. The Morgan fingerprint density at radius 1 is 0.925 bits per heavy atom. The molecule has 1 amide bonds. The first-order valence-corrected chi connectivity index (χ1v) is 14.5. The van der Waals surface area contributed by atoms with Crippen LogP contribution in [0.1, 0.15) is 68.7 Å². The van der Waals surface area contributed by atoms with Crippen molar-refractivity contribution in [1.29, 1.82) is 0 Å². The van der Waals surface area contributed by atoms with Gasteiger partial charge in [-0.2, -0.15) is 0 Å². The van der Waals surface area contributed by atoms with Gasteiger partial charge in [0.2, 0.25) is 0 Å². The van der Waals surface area contributed by atoms with Gasteiger partial charge in [-0.3, -0.25) is 4.79 Å². The largest absolute Gasteiger partial charge is 0.493 e. The molecule has 0 aliphatic rings. The minimum absolute atomic E-state index is 0.171. The normalized spacial score (nSPS) is 11.4. The molecule has 0 saturated carbocycles. The van der Waals surface area contributed by atoms with E-state index >= 15 is 0 Å². The van der Waals surface area contributed by atoms with E-state index in [1.165, 1.54) is 12.8 Å². The van der Waals surface area contributed by atoms with Crippen LogP contribution in [-0.2, 0) is 4.79 Å². The molecular formula is C36H44N2O2. The Hall–Kier alpha value is -4.05. The van der Waals surface area contributed by atoms with Gasteiger partial charge in [-0.1, -0.05) is 81.3 Å². The van der Waals surface area contributed by atoms with Crippen molar-refractivity contribution < 1.29 is 9.53 Å². The summed E-state index contributed by atoms with van der Waals surface area (Å²) in [6.07, 6.45) is 12.2. The molecule has 4 heteroatoms. The van der Waals surface area contributed by atoms with Crippen molar-refractivity contribution in [2.45, 2.75) is 53.4 Å². The highest BCUT2D eigenvalue weighted by atomic mass is 16.5. The highest BCUT2D eigenvalue weighted by Crippen LogP contribution is 2.31. The van der Waals surface area contributed by atoms with Gasteiger partial charge in [0.15, 0.2) is 0 Å². The summed E-state index contributed by atoms with van der Waals surface area (Å²) in [6.45, 7) is 14.9. The highest BCUT2D eigenvalue weighted by Gasteiger charge is 2.16. The second-order valence-electron chi connectivity index (χ2n) is 9.85. The molecular weight excluding hydrogens is 492 g/mol. The van der Waals surface area contributed by atoms with Gasteiger partial charge >= 0.3 is 0 Å². The maximum absolute atomic E-state index is 13.8. The summed E-state index contributed by atoms with van der Waals surface area (Å²) in [6, 6.07) is 22.0. The fourth-order valence-corrected chi connectivity index (χ4v) is 4.58. The zero-order valence-corrected chi connectivity index (χ0v) is 24.6. The monoisotopic (exact) mass is 536 g/mol. The summed E-state index contributed by atoms with van der Waals surface area (Å²) < 4.78 is 6.37. The average molecular weight is 537 g/mol. The molecule has 1 N–H and O–H groups in total. The van der Waals surface area contributed by atoms with Crippen molar-refractivity contribution in [2.24, 2.45) is 0 Å². The molecule has 3 rings (SSSR count). The fraction of sp³-hybridized carbons (Fsp3) is 0.306. The van der Waals surface area contributed by atoms with Crippen molar-refractivity contribution in [1.82, 2.24) is 0 Å². The van der Waals surface area contributed by atoms with Crippen molar-refractivity contribution in [3.05, 3.63) is 108 Å². The number of carbonyl (C=O) groups is 1. The Morgan fingerprint density at radius 2 is 1.70 bits per heavy atom. The van der Waals surface area contributed by atoms with E-state index in [1.807, 2.05) is 54.6 Å². The third-order valence-corrected chi connectivity index (χ3v) is 6.96. The molecule has 3 aromatic carbocycles. The molecule has 0 spiro atoms. The van der Waals surface area contributed by atoms with E-state index in [4.69, 9.17) is 4.74 Å². The topological polar surface area (TPSA) is 41.6 Å². The van der Waals surface area contributed by atoms with Crippen molar-refractivity contribution in [3.8, 4) is 5.75 Å². The quantitative estimate of drug-likeness (QED) is 0.0911. The van der Waals surface area contributed by atoms with Gasteiger partial charge in [-0.25, -0.2) is 0 Å². The number of unbranched alkanes of at least 4 members (excludes halogenated alkanes) is 3. The molecule has 0 aromatic heterocycles. The maximum Gasteiger partial charge on any atom is 0.256 e. The van der Waals surface area contributed by atoms with Crippen LogP contribution in [0, 0.1) is 6.92 Å². The lowest BCUT2D eigenvalue weighted by atomic mass is 9.96. The summed E-state index contributed by atoms with van der Waals surface area (Å²) >= 11 is 0. The van der Waals surface area contributed by atoms with Gasteiger partial charge in [0.25, 0.3) is 5.91 Å². The molecule has 0 aliphatic carbocycles. The SMILES string of the molecule is C=C/C=C\c1cc(/C(=C/c2ccc(N(CC)CC)cc2OCCCCCC)C(=O)Nc2ccccc2)ccc1C. The molecule has 0 radical (unpaired) electrons. The number of benzene rings is 3. The molecule has 0 unspecified atom stereocenters. The maximum atomic E-state index is 13.8. The van der Waals surface area contributed by atoms with Crippen LogP contribution >= 0.6 is 0 Å². The Labute approximate surface area is 241 Å². The van der Waals surface area contributed by atoms with Crippen LogP contribution in [0.15, 0.2) is 85.5 Å². The number of nitrogens with zero attached hydrogens (tertiary/aromatic N) is 1. The number of allylic oxidation sites excluding steroid dienone is 2. The summed E-state index contributed by atoms with van der Waals surface area (Å²) in [5, 5.41) is 3.08. The molecule has 0 atom stereocenters. The lowest BCUT2D eigenvalue weighted by molar-refractivity contribution is -0.111. The fourth-order valence-electron chi connectivity index (χ4n) is 4.58. The van der Waals surface area contributed by atoms with Gasteiger partial charge in [0, 0.05) is 41.7 Å². The third-order valence-electron chi connectivity index (χ3n) is 6.96. The molecule has 40 heavy (non-hydrogen) atoms. The first-order valence-electron chi connectivity index (χ1n) is 14.5. The van der Waals surface area contributed by atoms with Gasteiger partial charge in [-0.05, 0) is 80.3 Å². The second-order valence-corrected chi connectivity index (χ2v) is 9.85. The molecule has 0 aliphatic heterocycles. The third kappa shape index (κ3) is 8.74. The van der Waals surface area contributed by atoms with E-state index in [9.17, 15) is 4.79 Å². The number of carbonyl (C=O) groups excluding carboxylic acids is 1. The predicted molar refractivity (Wildman–Crippen MR) is 173 cm³/mol. The molecule has 0 bridgehead atoms. The van der Waals surface area contributed by atoms with E-state index in [-0.39, 0.29) is 5.91 Å². The Bertz CT molecular complexity index is 1300. The number of ether oxygens (including phenoxy) is 1. The van der Waals surface area contributed by atoms with Crippen molar-refractivity contribution >= 4 is 35.0 Å². The number of amides is 1. The zero-order valence-electron chi connectivity index (χ0n) is 24.6. The van der Waals surface area contributed by atoms with Crippen molar-refractivity contribution in [3.63, 3.8) is 0 Å². The van der Waals surface area contributed by atoms with Crippen LogP contribution in [0.4, 0.5) is 11.4 Å². The van der Waals surface area contributed by atoms with E-state index in [0.717, 1.165) is 65.3 Å². The van der Waals surface area contributed by atoms with Crippen LogP contribution in [0.5, 0.6) is 5.75 Å². The average Bonchev–Trinajstić information content (AvgIpc) is 2.97. The van der Waals surface area contributed by atoms with E-state index in [2.05, 4.69) is 74.8 Å². The van der Waals surface area contributed by atoms with Gasteiger partial charge in [0.1, 0.15) is 5.75 Å². The summed E-state index contributed by atoms with van der Waals surface area (Å²) in [7, 11) is 0. The number of anilines is 2. The van der Waals surface area contributed by atoms with Crippen LogP contribution in [-0.4, -0.2) is 25.6 Å². The first kappa shape index (κ1) is 30.5. The van der Waals surface area contributed by atoms with Gasteiger partial charge < -0.3 is 15.0 Å². The number of hydrogen-bond donors (Lipinski definition) is 1. The zero-order chi connectivity index (χ0) is 28.7. The smallest absolute Gasteiger partial charge is 0.256 e. The predicted octanol–water partition coefficient (Wildman–Crippen LogP) is 9.18. The lowest BCUT2D eigenvalue weighted by Gasteiger charge is -2.22. The lowest BCUT2D eigenvalue weighted by Crippen LogP contribution is -2.21. The van der Waals surface area contributed by atoms with Crippen LogP contribution in [0.2, 0.25) is 0 Å². The first-order chi connectivity index (χ1) is 19.5. The van der Waals surface area contributed by atoms with Crippen molar-refractivity contribution in [2.75, 3.05) is 29.9 Å². The summed E-state index contributed by atoms with van der Waals surface area (Å²) in [5.74, 6) is 0.625. The Morgan fingerprint density at radius 3 is 2.40 bits per heavy atom. The molecule has 3 aromatic rings. The van der Waals surface area contributed by atoms with E-state index in [1.54, 1.807) is 6.08 Å². The van der Waals surface area contributed by atoms with Crippen LogP contribution in [0.25, 0.3) is 17.7 Å². The van der Waals surface area contributed by atoms with Crippen LogP contribution in [0.3, 0.4) is 0 Å². The molecule has 210 valence electrons. The minimum Gasteiger partial charge on any atom is -0.493 e. The number of aryl methyl sites for hydroxylation is 1. The highest BCUT2D eigenvalue weighted by molar-refractivity contribution is 6.29. The number of hydrogen-bond acceptors (Lipinski definition) is 3. The molecule has 0 fully saturated rings. The number of para-hydroxylation sites is 1. The standard InChI is InChI=1S/C36H44N2O2/c1-6-10-12-16-24-40-35-27-33(38(8-3)9-4)23-22-31(35)26-34(36(39)37-32-18-14-13-15-19-32)30-21-20-28(5)29(25-30)17-11-7-2/h7,11,13-15,17-23,25-27H,2,6,8-10,12,16,24H2,1,3-5H3,(H,37,39)/b17-11-,34-26-. The molecule has 0 heterocycles. The summed E-state index contributed by atoms with van der Waals surface area (Å²) in [5.41, 5.74) is 6.33. The van der Waals surface area contributed by atoms with E-state index in [0.29, 0.717) is 12.2 Å². The van der Waals surface area contributed by atoms with Gasteiger partial charge in [0.05, 0.1) is 6.61 Å². The van der Waals surface area contributed by atoms with E-state index < -0.39 is 0 Å². The molecule has 0 saturated heterocycles.